The molecule has 3 aromatic rings. The van der Waals surface area contributed by atoms with E-state index in [1.165, 1.54) is 5.56 Å². The van der Waals surface area contributed by atoms with Crippen LogP contribution in [0, 0.1) is 0 Å². The van der Waals surface area contributed by atoms with Gasteiger partial charge >= 0.3 is 0 Å². The molecule has 0 N–H and O–H groups in total. The molecule has 0 aliphatic rings. The van der Waals surface area contributed by atoms with E-state index in [0.717, 1.165) is 17.5 Å². The van der Waals surface area contributed by atoms with Gasteiger partial charge < -0.3 is 9.42 Å². The molecule has 0 fully saturated rings. The molecule has 0 unspecified atom stereocenters. The number of rotatable bonds is 6. The highest BCUT2D eigenvalue weighted by Gasteiger charge is 2.15. The van der Waals surface area contributed by atoms with Crippen molar-refractivity contribution in [2.75, 3.05) is 7.05 Å². The summed E-state index contributed by atoms with van der Waals surface area (Å²) < 4.78 is 5.26. The number of hydrogen-bond donors (Lipinski definition) is 0. The van der Waals surface area contributed by atoms with E-state index in [4.69, 9.17) is 16.1 Å². The molecule has 0 saturated heterocycles. The molecule has 134 valence electrons. The minimum atomic E-state index is 0.000455. The molecule has 0 bridgehead atoms. The normalized spacial score (nSPS) is 10.7. The van der Waals surface area contributed by atoms with Gasteiger partial charge in [-0.2, -0.15) is 4.98 Å². The zero-order valence-electron chi connectivity index (χ0n) is 14.8. The van der Waals surface area contributed by atoms with E-state index < -0.39 is 0 Å². The van der Waals surface area contributed by atoms with Gasteiger partial charge in [0, 0.05) is 17.6 Å². The molecule has 1 heterocycles. The minimum absolute atomic E-state index is 0.000455. The van der Waals surface area contributed by atoms with Crippen molar-refractivity contribution in [1.29, 1.82) is 0 Å². The van der Waals surface area contributed by atoms with Crippen molar-refractivity contribution in [3.05, 3.63) is 70.6 Å². The van der Waals surface area contributed by atoms with Gasteiger partial charge in [-0.05, 0) is 41.8 Å². The lowest BCUT2D eigenvalue weighted by molar-refractivity contribution is -0.130. The molecule has 2 aromatic carbocycles. The topological polar surface area (TPSA) is 59.2 Å². The highest BCUT2D eigenvalue weighted by atomic mass is 35.5. The number of likely N-dealkylation sites (N-methyl/N-ethyl adjacent to an activating group) is 1. The maximum Gasteiger partial charge on any atom is 0.246 e. The second-order valence-electron chi connectivity index (χ2n) is 6.12. The lowest BCUT2D eigenvalue weighted by Gasteiger charge is -2.14. The third kappa shape index (κ3) is 4.49. The summed E-state index contributed by atoms with van der Waals surface area (Å²) in [5.74, 6) is 0.875. The molecular weight excluding hydrogens is 350 g/mol. The predicted molar refractivity (Wildman–Crippen MR) is 101 cm³/mol. The SMILES string of the molecule is CCc1ccc(CC(=O)N(C)Cc2nc(-c3ccc(Cl)cc3)no2)cc1. The number of aromatic nitrogens is 2. The number of halogens is 1. The summed E-state index contributed by atoms with van der Waals surface area (Å²) in [5.41, 5.74) is 3.07. The van der Waals surface area contributed by atoms with Crippen LogP contribution in [0.4, 0.5) is 0 Å². The number of aryl methyl sites for hydroxylation is 1. The fraction of sp³-hybridized carbons (Fsp3) is 0.250. The quantitative estimate of drug-likeness (QED) is 0.654. The van der Waals surface area contributed by atoms with Crippen molar-refractivity contribution in [3.8, 4) is 11.4 Å². The van der Waals surface area contributed by atoms with Gasteiger partial charge in [0.2, 0.25) is 17.6 Å². The monoisotopic (exact) mass is 369 g/mol. The van der Waals surface area contributed by atoms with Crippen LogP contribution in [-0.4, -0.2) is 28.0 Å². The van der Waals surface area contributed by atoms with Crippen LogP contribution < -0.4 is 0 Å². The lowest BCUT2D eigenvalue weighted by atomic mass is 10.1. The second kappa shape index (κ2) is 8.15. The van der Waals surface area contributed by atoms with Gasteiger partial charge in [0.15, 0.2) is 0 Å². The molecule has 0 spiro atoms. The molecule has 1 aromatic heterocycles. The number of nitrogens with zero attached hydrogens (tertiary/aromatic N) is 3. The smallest absolute Gasteiger partial charge is 0.246 e. The minimum Gasteiger partial charge on any atom is -0.337 e. The van der Waals surface area contributed by atoms with Crippen LogP contribution in [0.15, 0.2) is 53.1 Å². The third-order valence-corrected chi connectivity index (χ3v) is 4.41. The highest BCUT2D eigenvalue weighted by molar-refractivity contribution is 6.30. The largest absolute Gasteiger partial charge is 0.337 e. The molecule has 6 heteroatoms. The van der Waals surface area contributed by atoms with Crippen LogP contribution in [0.3, 0.4) is 0 Å². The number of hydrogen-bond acceptors (Lipinski definition) is 4. The summed E-state index contributed by atoms with van der Waals surface area (Å²) in [6.45, 7) is 2.38. The van der Waals surface area contributed by atoms with Crippen molar-refractivity contribution in [2.45, 2.75) is 26.3 Å². The molecular formula is C20H20ClN3O2. The first kappa shape index (κ1) is 18.1. The van der Waals surface area contributed by atoms with Crippen molar-refractivity contribution in [3.63, 3.8) is 0 Å². The van der Waals surface area contributed by atoms with Crippen LogP contribution in [0.1, 0.15) is 23.9 Å². The molecule has 26 heavy (non-hydrogen) atoms. The summed E-state index contributed by atoms with van der Waals surface area (Å²) in [5, 5.41) is 4.61. The molecule has 0 aliphatic carbocycles. The van der Waals surface area contributed by atoms with E-state index in [1.807, 2.05) is 24.3 Å². The van der Waals surface area contributed by atoms with Gasteiger partial charge in [-0.3, -0.25) is 4.79 Å². The second-order valence-corrected chi connectivity index (χ2v) is 6.55. The number of amides is 1. The molecule has 3 rings (SSSR count). The molecule has 0 atom stereocenters. The van der Waals surface area contributed by atoms with E-state index in [1.54, 1.807) is 24.1 Å². The highest BCUT2D eigenvalue weighted by Crippen LogP contribution is 2.19. The van der Waals surface area contributed by atoms with E-state index in [2.05, 4.69) is 29.2 Å². The Hall–Kier alpha value is -2.66. The Labute approximate surface area is 157 Å². The van der Waals surface area contributed by atoms with Crippen LogP contribution in [-0.2, 0) is 24.2 Å². The summed E-state index contributed by atoms with van der Waals surface area (Å²) >= 11 is 5.88. The lowest BCUT2D eigenvalue weighted by Crippen LogP contribution is -2.27. The van der Waals surface area contributed by atoms with Crippen molar-refractivity contribution in [1.82, 2.24) is 15.0 Å². The Morgan fingerprint density at radius 3 is 2.38 bits per heavy atom. The van der Waals surface area contributed by atoms with Crippen LogP contribution >= 0.6 is 11.6 Å². The Balaban J connectivity index is 1.61. The Kier molecular flexibility index (Phi) is 5.68. The maximum atomic E-state index is 12.4. The fourth-order valence-corrected chi connectivity index (χ4v) is 2.65. The van der Waals surface area contributed by atoms with Crippen LogP contribution in [0.5, 0.6) is 0 Å². The Morgan fingerprint density at radius 2 is 1.73 bits per heavy atom. The van der Waals surface area contributed by atoms with Crippen molar-refractivity contribution >= 4 is 17.5 Å². The zero-order chi connectivity index (χ0) is 18.5. The van der Waals surface area contributed by atoms with Crippen LogP contribution in [0.2, 0.25) is 5.02 Å². The molecule has 5 nitrogen and oxygen atoms in total. The Morgan fingerprint density at radius 1 is 1.08 bits per heavy atom. The summed E-state index contributed by atoms with van der Waals surface area (Å²) in [7, 11) is 1.73. The molecule has 0 radical (unpaired) electrons. The third-order valence-electron chi connectivity index (χ3n) is 4.16. The van der Waals surface area contributed by atoms with E-state index in [9.17, 15) is 4.79 Å². The van der Waals surface area contributed by atoms with Gasteiger partial charge in [-0.1, -0.05) is 47.9 Å². The van der Waals surface area contributed by atoms with Gasteiger partial charge in [0.25, 0.3) is 0 Å². The summed E-state index contributed by atoms with van der Waals surface area (Å²) in [4.78, 5) is 18.3. The summed E-state index contributed by atoms with van der Waals surface area (Å²) in [6, 6.07) is 15.3. The maximum absolute atomic E-state index is 12.4. The first-order chi connectivity index (χ1) is 12.5. The first-order valence-corrected chi connectivity index (χ1v) is 8.83. The van der Waals surface area contributed by atoms with Crippen molar-refractivity contribution in [2.24, 2.45) is 0 Å². The zero-order valence-corrected chi connectivity index (χ0v) is 15.5. The fourth-order valence-electron chi connectivity index (χ4n) is 2.53. The first-order valence-electron chi connectivity index (χ1n) is 8.45. The van der Waals surface area contributed by atoms with Gasteiger partial charge in [-0.15, -0.1) is 0 Å². The van der Waals surface area contributed by atoms with E-state index in [-0.39, 0.29) is 12.5 Å². The average Bonchev–Trinajstić information content (AvgIpc) is 3.11. The van der Waals surface area contributed by atoms with Crippen LogP contribution in [0.25, 0.3) is 11.4 Å². The molecule has 0 saturated carbocycles. The van der Waals surface area contributed by atoms with Gasteiger partial charge in [0.05, 0.1) is 13.0 Å². The van der Waals surface area contributed by atoms with Gasteiger partial charge in [0.1, 0.15) is 0 Å². The number of carbonyl (C=O) groups is 1. The van der Waals surface area contributed by atoms with E-state index in [0.29, 0.717) is 23.2 Å². The average molecular weight is 370 g/mol. The number of benzene rings is 2. The van der Waals surface area contributed by atoms with E-state index >= 15 is 0 Å². The standard InChI is InChI=1S/C20H20ClN3O2/c1-3-14-4-6-15(7-5-14)12-19(25)24(2)13-18-22-20(23-26-18)16-8-10-17(21)11-9-16/h4-11H,3,12-13H2,1-2H3. The van der Waals surface area contributed by atoms with Crippen molar-refractivity contribution < 1.29 is 9.32 Å². The Bertz CT molecular complexity index is 873. The number of carbonyl (C=O) groups excluding carboxylic acids is 1. The summed E-state index contributed by atoms with van der Waals surface area (Å²) in [6.07, 6.45) is 1.33. The molecule has 1 amide bonds. The molecule has 0 aliphatic heterocycles. The van der Waals surface area contributed by atoms with Gasteiger partial charge in [-0.25, -0.2) is 0 Å². The predicted octanol–water partition coefficient (Wildman–Crippen LogP) is 4.15.